The molecule has 0 aromatic carbocycles. The smallest absolute Gasteiger partial charge is 0.169 e. The van der Waals surface area contributed by atoms with E-state index in [0.29, 0.717) is 0 Å². The molecular formula is C20H36ClN. The molecule has 1 rings (SSSR count). The molecule has 2 heteroatoms. The molecule has 0 fully saturated rings. The Bertz CT molecular complexity index is 334. The van der Waals surface area contributed by atoms with E-state index in [1.165, 1.54) is 89.2 Å². The number of hydrogen-bond acceptors (Lipinski definition) is 0. The van der Waals surface area contributed by atoms with Crippen LogP contribution in [0.2, 0.25) is 0 Å². The number of pyridine rings is 1. The molecule has 128 valence electrons. The molecule has 0 spiro atoms. The minimum absolute atomic E-state index is 0. The molecule has 0 aliphatic heterocycles. The van der Waals surface area contributed by atoms with E-state index in [0.717, 1.165) is 0 Å². The van der Waals surface area contributed by atoms with Crippen molar-refractivity contribution in [1.82, 2.24) is 0 Å². The molecule has 0 atom stereocenters. The third kappa shape index (κ3) is 11.1. The van der Waals surface area contributed by atoms with Gasteiger partial charge in [-0.15, -0.1) is 0 Å². The summed E-state index contributed by atoms with van der Waals surface area (Å²) in [6, 6.07) is 4.59. The summed E-state index contributed by atoms with van der Waals surface area (Å²) in [5.41, 5.74) is 1.49. The van der Waals surface area contributed by atoms with E-state index < -0.39 is 0 Å². The van der Waals surface area contributed by atoms with Crippen molar-refractivity contribution in [2.45, 2.75) is 97.4 Å². The van der Waals surface area contributed by atoms with Gasteiger partial charge in [0.15, 0.2) is 12.4 Å². The van der Waals surface area contributed by atoms with Crippen molar-refractivity contribution in [3.63, 3.8) is 0 Å². The van der Waals surface area contributed by atoms with Crippen LogP contribution in [0.5, 0.6) is 0 Å². The lowest BCUT2D eigenvalue weighted by Crippen LogP contribution is -3.00. The van der Waals surface area contributed by atoms with Crippen molar-refractivity contribution in [1.29, 1.82) is 0 Å². The minimum Gasteiger partial charge on any atom is -1.00 e. The molecule has 22 heavy (non-hydrogen) atoms. The van der Waals surface area contributed by atoms with Crippen molar-refractivity contribution in [3.05, 3.63) is 30.1 Å². The lowest BCUT2D eigenvalue weighted by atomic mass is 10.1. The van der Waals surface area contributed by atoms with E-state index in [-0.39, 0.29) is 12.4 Å². The first-order valence-corrected chi connectivity index (χ1v) is 9.34. The topological polar surface area (TPSA) is 3.88 Å². The highest BCUT2D eigenvalue weighted by atomic mass is 35.5. The van der Waals surface area contributed by atoms with Gasteiger partial charge < -0.3 is 12.4 Å². The van der Waals surface area contributed by atoms with Gasteiger partial charge in [-0.2, -0.15) is 0 Å². The maximum absolute atomic E-state index is 2.34. The molecule has 0 unspecified atom stereocenters. The summed E-state index contributed by atoms with van der Waals surface area (Å²) in [6.07, 6.45) is 21.0. The second kappa shape index (κ2) is 15.3. The molecule has 0 aliphatic rings. The Morgan fingerprint density at radius 1 is 0.682 bits per heavy atom. The second-order valence-corrected chi connectivity index (χ2v) is 6.38. The van der Waals surface area contributed by atoms with Crippen LogP contribution in [-0.4, -0.2) is 0 Å². The van der Waals surface area contributed by atoms with E-state index in [4.69, 9.17) is 0 Å². The summed E-state index contributed by atoms with van der Waals surface area (Å²) < 4.78 is 2.34. The standard InChI is InChI=1S/C20H36N.ClH/c1-3-5-7-8-9-10-11-12-13-17-21-18-15-20(16-19-21)14-6-4-2;/h15-16,18-19H,3-14,17H2,1-2H3;1H/q+1;/p-1. The van der Waals surface area contributed by atoms with E-state index in [1.54, 1.807) is 0 Å². The molecule has 1 heterocycles. The molecule has 1 aromatic rings. The fraction of sp³-hybridized carbons (Fsp3) is 0.750. The Kier molecular flexibility index (Phi) is 14.9. The Hall–Kier alpha value is -0.560. The zero-order valence-electron chi connectivity index (χ0n) is 14.8. The molecule has 0 radical (unpaired) electrons. The maximum Gasteiger partial charge on any atom is 0.169 e. The Morgan fingerprint density at radius 3 is 1.73 bits per heavy atom. The van der Waals surface area contributed by atoms with E-state index in [2.05, 4.69) is 42.9 Å². The maximum atomic E-state index is 2.34. The largest absolute Gasteiger partial charge is 1.00 e. The predicted molar refractivity (Wildman–Crippen MR) is 92.5 cm³/mol. The number of nitrogens with zero attached hydrogens (tertiary/aromatic N) is 1. The summed E-state index contributed by atoms with van der Waals surface area (Å²) in [5.74, 6) is 0. The van der Waals surface area contributed by atoms with Crippen LogP contribution < -0.4 is 17.0 Å². The molecule has 0 bridgehead atoms. The van der Waals surface area contributed by atoms with Gasteiger partial charge in [-0.3, -0.25) is 0 Å². The van der Waals surface area contributed by atoms with Gasteiger partial charge in [0.1, 0.15) is 6.54 Å². The first kappa shape index (κ1) is 21.4. The number of unbranched alkanes of at least 4 members (excludes halogenated alkanes) is 9. The van der Waals surface area contributed by atoms with Gasteiger partial charge in [0, 0.05) is 18.6 Å². The van der Waals surface area contributed by atoms with Crippen LogP contribution in [0.25, 0.3) is 0 Å². The SMILES string of the molecule is CCCCCCCCCCC[n+]1ccc(CCCC)cc1.[Cl-]. The third-order valence-electron chi connectivity index (χ3n) is 4.30. The molecule has 0 saturated carbocycles. The summed E-state index contributed by atoms with van der Waals surface area (Å²) in [6.45, 7) is 5.73. The number of halogens is 1. The second-order valence-electron chi connectivity index (χ2n) is 6.38. The predicted octanol–water partition coefficient (Wildman–Crippen LogP) is 2.85. The van der Waals surface area contributed by atoms with Gasteiger partial charge in [0.25, 0.3) is 0 Å². The van der Waals surface area contributed by atoms with Gasteiger partial charge in [-0.1, -0.05) is 65.2 Å². The summed E-state index contributed by atoms with van der Waals surface area (Å²) >= 11 is 0. The van der Waals surface area contributed by atoms with Crippen molar-refractivity contribution in [3.8, 4) is 0 Å². The molecule has 0 N–H and O–H groups in total. The van der Waals surface area contributed by atoms with Gasteiger partial charge in [0.2, 0.25) is 0 Å². The lowest BCUT2D eigenvalue weighted by molar-refractivity contribution is -0.697. The Balaban J connectivity index is 0.00000441. The minimum atomic E-state index is 0. The number of rotatable bonds is 13. The van der Waals surface area contributed by atoms with Crippen molar-refractivity contribution in [2.75, 3.05) is 0 Å². The lowest BCUT2D eigenvalue weighted by Gasteiger charge is -2.02. The number of aryl methyl sites for hydroxylation is 2. The summed E-state index contributed by atoms with van der Waals surface area (Å²) in [5, 5.41) is 0. The molecular weight excluding hydrogens is 290 g/mol. The quantitative estimate of drug-likeness (QED) is 0.388. The number of hydrogen-bond donors (Lipinski definition) is 0. The summed E-state index contributed by atoms with van der Waals surface area (Å²) in [4.78, 5) is 0. The van der Waals surface area contributed by atoms with Crippen molar-refractivity contribution < 1.29 is 17.0 Å². The molecule has 1 nitrogen and oxygen atoms in total. The van der Waals surface area contributed by atoms with Crippen LogP contribution in [0.1, 0.15) is 90.0 Å². The highest BCUT2D eigenvalue weighted by Crippen LogP contribution is 2.09. The monoisotopic (exact) mass is 325 g/mol. The molecule has 0 aliphatic carbocycles. The third-order valence-corrected chi connectivity index (χ3v) is 4.30. The van der Waals surface area contributed by atoms with E-state index in [1.807, 2.05) is 0 Å². The van der Waals surface area contributed by atoms with Gasteiger partial charge in [-0.25, -0.2) is 4.57 Å². The van der Waals surface area contributed by atoms with Gasteiger partial charge >= 0.3 is 0 Å². The van der Waals surface area contributed by atoms with Crippen LogP contribution in [0.4, 0.5) is 0 Å². The van der Waals surface area contributed by atoms with Crippen molar-refractivity contribution >= 4 is 0 Å². The van der Waals surface area contributed by atoms with Gasteiger partial charge in [0.05, 0.1) is 0 Å². The molecule has 0 amide bonds. The zero-order chi connectivity index (χ0) is 15.2. The fourth-order valence-corrected chi connectivity index (χ4v) is 2.79. The van der Waals surface area contributed by atoms with Crippen LogP contribution in [0.15, 0.2) is 24.5 Å². The average molecular weight is 326 g/mol. The van der Waals surface area contributed by atoms with E-state index in [9.17, 15) is 0 Å². The van der Waals surface area contributed by atoms with Crippen LogP contribution in [0, 0.1) is 0 Å². The molecule has 0 saturated heterocycles. The Morgan fingerprint density at radius 2 is 1.18 bits per heavy atom. The average Bonchev–Trinajstić information content (AvgIpc) is 2.52. The highest BCUT2D eigenvalue weighted by Gasteiger charge is 2.01. The highest BCUT2D eigenvalue weighted by molar-refractivity contribution is 5.06. The zero-order valence-corrected chi connectivity index (χ0v) is 15.6. The fourth-order valence-electron chi connectivity index (χ4n) is 2.79. The first-order chi connectivity index (χ1) is 10.4. The van der Waals surface area contributed by atoms with Crippen LogP contribution >= 0.6 is 0 Å². The Labute approximate surface area is 144 Å². The normalized spacial score (nSPS) is 10.5. The summed E-state index contributed by atoms with van der Waals surface area (Å²) in [7, 11) is 0. The van der Waals surface area contributed by atoms with Crippen LogP contribution in [0.3, 0.4) is 0 Å². The van der Waals surface area contributed by atoms with Crippen LogP contribution in [-0.2, 0) is 13.0 Å². The number of aromatic nitrogens is 1. The van der Waals surface area contributed by atoms with Crippen molar-refractivity contribution in [2.24, 2.45) is 0 Å². The first-order valence-electron chi connectivity index (χ1n) is 9.34. The molecule has 1 aromatic heterocycles. The van der Waals surface area contributed by atoms with Gasteiger partial charge in [-0.05, 0) is 24.8 Å². The van der Waals surface area contributed by atoms with E-state index >= 15 is 0 Å².